The maximum absolute atomic E-state index is 12.0. The van der Waals surface area contributed by atoms with E-state index in [2.05, 4.69) is 20.4 Å². The second-order valence-electron chi connectivity index (χ2n) is 3.43. The summed E-state index contributed by atoms with van der Waals surface area (Å²) in [5.74, 6) is -0.0788. The highest BCUT2D eigenvalue weighted by Crippen LogP contribution is 2.13. The summed E-state index contributed by atoms with van der Waals surface area (Å²) in [5, 5.41) is 6.63. The van der Waals surface area contributed by atoms with Crippen LogP contribution < -0.4 is 11.1 Å². The van der Waals surface area contributed by atoms with Crippen molar-refractivity contribution >= 4 is 29.0 Å². The lowest BCUT2D eigenvalue weighted by molar-refractivity contribution is 0.101. The third-order valence-electron chi connectivity index (χ3n) is 2.25. The Morgan fingerprint density at radius 3 is 3.06 bits per heavy atom. The molecule has 2 aromatic heterocycles. The Morgan fingerprint density at radius 2 is 2.39 bits per heavy atom. The van der Waals surface area contributed by atoms with Crippen molar-refractivity contribution in [3.63, 3.8) is 0 Å². The van der Waals surface area contributed by atoms with Crippen LogP contribution in [0.25, 0.3) is 0 Å². The van der Waals surface area contributed by atoms with Gasteiger partial charge in [0.1, 0.15) is 11.5 Å². The van der Waals surface area contributed by atoms with Crippen molar-refractivity contribution in [3.05, 3.63) is 29.4 Å². The first-order chi connectivity index (χ1) is 8.61. The summed E-state index contributed by atoms with van der Waals surface area (Å²) in [5.41, 5.74) is 6.31. The summed E-state index contributed by atoms with van der Waals surface area (Å²) in [6.07, 6.45) is 2.89. The SMILES string of the molecule is CCn1ncc(N)c1C(=O)Nc1ccnc(Cl)n1. The Labute approximate surface area is 108 Å². The fourth-order valence-corrected chi connectivity index (χ4v) is 1.62. The number of hydrogen-bond acceptors (Lipinski definition) is 5. The molecule has 0 aliphatic rings. The number of anilines is 2. The standard InChI is InChI=1S/C10H11ClN6O/c1-2-17-8(6(12)5-14-17)9(18)15-7-3-4-13-10(11)16-7/h3-5H,2,12H2,1H3,(H,13,15,16,18). The van der Waals surface area contributed by atoms with Crippen LogP contribution in [0.15, 0.2) is 18.5 Å². The molecule has 2 rings (SSSR count). The van der Waals surface area contributed by atoms with Crippen molar-refractivity contribution < 1.29 is 4.79 Å². The zero-order chi connectivity index (χ0) is 13.1. The van der Waals surface area contributed by atoms with E-state index in [4.69, 9.17) is 17.3 Å². The highest BCUT2D eigenvalue weighted by molar-refractivity contribution is 6.28. The lowest BCUT2D eigenvalue weighted by Gasteiger charge is -2.06. The van der Waals surface area contributed by atoms with Crippen molar-refractivity contribution in [2.75, 3.05) is 11.1 Å². The lowest BCUT2D eigenvalue weighted by atomic mass is 10.3. The fourth-order valence-electron chi connectivity index (χ4n) is 1.47. The van der Waals surface area contributed by atoms with E-state index >= 15 is 0 Å². The average molecular weight is 267 g/mol. The number of nitrogen functional groups attached to an aromatic ring is 1. The molecule has 0 radical (unpaired) electrons. The van der Waals surface area contributed by atoms with Gasteiger partial charge in [-0.2, -0.15) is 5.10 Å². The summed E-state index contributed by atoms with van der Waals surface area (Å²) >= 11 is 5.63. The topological polar surface area (TPSA) is 98.7 Å². The predicted octanol–water partition coefficient (Wildman–Crippen LogP) is 1.18. The van der Waals surface area contributed by atoms with Gasteiger partial charge in [-0.3, -0.25) is 9.48 Å². The van der Waals surface area contributed by atoms with Crippen molar-refractivity contribution in [2.24, 2.45) is 0 Å². The Kier molecular flexibility index (Phi) is 3.42. The van der Waals surface area contributed by atoms with E-state index in [1.165, 1.54) is 23.1 Å². The summed E-state index contributed by atoms with van der Waals surface area (Å²) < 4.78 is 1.51. The molecule has 3 N–H and O–H groups in total. The van der Waals surface area contributed by atoms with Crippen LogP contribution in [-0.2, 0) is 6.54 Å². The van der Waals surface area contributed by atoms with Gasteiger partial charge in [0.05, 0.1) is 11.9 Å². The van der Waals surface area contributed by atoms with E-state index in [1.807, 2.05) is 6.92 Å². The predicted molar refractivity (Wildman–Crippen MR) is 67.3 cm³/mol. The zero-order valence-electron chi connectivity index (χ0n) is 9.59. The summed E-state index contributed by atoms with van der Waals surface area (Å²) in [6.45, 7) is 2.41. The number of halogens is 1. The number of nitrogens with zero attached hydrogens (tertiary/aromatic N) is 4. The molecule has 1 amide bonds. The Bertz CT molecular complexity index is 581. The molecule has 0 unspecified atom stereocenters. The molecule has 94 valence electrons. The molecule has 0 atom stereocenters. The molecule has 0 saturated carbocycles. The van der Waals surface area contributed by atoms with Crippen molar-refractivity contribution in [3.8, 4) is 0 Å². The molecule has 2 aromatic rings. The van der Waals surface area contributed by atoms with E-state index in [0.29, 0.717) is 23.7 Å². The second-order valence-corrected chi connectivity index (χ2v) is 3.77. The Balaban J connectivity index is 2.24. The van der Waals surface area contributed by atoms with Crippen molar-refractivity contribution in [1.82, 2.24) is 19.7 Å². The molecule has 2 heterocycles. The van der Waals surface area contributed by atoms with Gasteiger partial charge in [-0.05, 0) is 24.6 Å². The quantitative estimate of drug-likeness (QED) is 0.813. The van der Waals surface area contributed by atoms with Gasteiger partial charge in [0.2, 0.25) is 5.28 Å². The maximum atomic E-state index is 12.0. The molecular weight excluding hydrogens is 256 g/mol. The van der Waals surface area contributed by atoms with Crippen LogP contribution in [-0.4, -0.2) is 25.7 Å². The Hall–Kier alpha value is -2.15. The molecule has 0 fully saturated rings. The van der Waals surface area contributed by atoms with Gasteiger partial charge in [-0.25, -0.2) is 9.97 Å². The second kappa shape index (κ2) is 5.01. The summed E-state index contributed by atoms with van der Waals surface area (Å²) in [4.78, 5) is 19.6. The molecule has 18 heavy (non-hydrogen) atoms. The minimum absolute atomic E-state index is 0.0600. The largest absolute Gasteiger partial charge is 0.396 e. The molecule has 0 bridgehead atoms. The Morgan fingerprint density at radius 1 is 1.61 bits per heavy atom. The molecule has 0 aliphatic heterocycles. The molecule has 8 heteroatoms. The number of nitrogens with one attached hydrogen (secondary N) is 1. The number of amides is 1. The highest BCUT2D eigenvalue weighted by atomic mass is 35.5. The van der Waals surface area contributed by atoms with E-state index in [9.17, 15) is 4.79 Å². The fraction of sp³-hybridized carbons (Fsp3) is 0.200. The monoisotopic (exact) mass is 266 g/mol. The van der Waals surface area contributed by atoms with Gasteiger partial charge < -0.3 is 11.1 Å². The van der Waals surface area contributed by atoms with Crippen LogP contribution in [0, 0.1) is 0 Å². The van der Waals surface area contributed by atoms with Gasteiger partial charge in [-0.1, -0.05) is 0 Å². The van der Waals surface area contributed by atoms with Gasteiger partial charge in [0.25, 0.3) is 5.91 Å². The van der Waals surface area contributed by atoms with Crippen LogP contribution in [0.4, 0.5) is 11.5 Å². The van der Waals surface area contributed by atoms with E-state index in [-0.39, 0.29) is 11.2 Å². The first-order valence-electron chi connectivity index (χ1n) is 5.23. The number of carbonyl (C=O) groups is 1. The highest BCUT2D eigenvalue weighted by Gasteiger charge is 2.16. The van der Waals surface area contributed by atoms with Crippen molar-refractivity contribution in [2.45, 2.75) is 13.5 Å². The number of carbonyl (C=O) groups excluding carboxylic acids is 1. The van der Waals surface area contributed by atoms with Crippen LogP contribution >= 0.6 is 11.6 Å². The maximum Gasteiger partial charge on any atom is 0.277 e. The number of hydrogen-bond donors (Lipinski definition) is 2. The molecule has 7 nitrogen and oxygen atoms in total. The zero-order valence-corrected chi connectivity index (χ0v) is 10.3. The first kappa shape index (κ1) is 12.3. The van der Waals surface area contributed by atoms with Crippen LogP contribution in [0.5, 0.6) is 0 Å². The van der Waals surface area contributed by atoms with Crippen LogP contribution in [0.1, 0.15) is 17.4 Å². The molecular formula is C10H11ClN6O. The summed E-state index contributed by atoms with van der Waals surface area (Å²) in [7, 11) is 0. The number of rotatable bonds is 3. The number of nitrogens with two attached hydrogens (primary N) is 1. The van der Waals surface area contributed by atoms with Crippen LogP contribution in [0.3, 0.4) is 0 Å². The van der Waals surface area contributed by atoms with E-state index in [0.717, 1.165) is 0 Å². The molecule has 0 aromatic carbocycles. The van der Waals surface area contributed by atoms with Gasteiger partial charge in [-0.15, -0.1) is 0 Å². The van der Waals surface area contributed by atoms with E-state index < -0.39 is 0 Å². The van der Waals surface area contributed by atoms with Gasteiger partial charge in [0.15, 0.2) is 0 Å². The third kappa shape index (κ3) is 2.40. The van der Waals surface area contributed by atoms with Gasteiger partial charge in [0, 0.05) is 12.7 Å². The van der Waals surface area contributed by atoms with Crippen molar-refractivity contribution in [1.29, 1.82) is 0 Å². The minimum atomic E-state index is -0.387. The number of aromatic nitrogens is 4. The lowest BCUT2D eigenvalue weighted by Crippen LogP contribution is -2.19. The molecule has 0 saturated heterocycles. The average Bonchev–Trinajstić information content (AvgIpc) is 2.70. The number of aryl methyl sites for hydroxylation is 1. The summed E-state index contributed by atoms with van der Waals surface area (Å²) in [6, 6.07) is 1.53. The minimum Gasteiger partial charge on any atom is -0.396 e. The smallest absolute Gasteiger partial charge is 0.277 e. The molecule has 0 spiro atoms. The molecule has 0 aliphatic carbocycles. The van der Waals surface area contributed by atoms with Crippen LogP contribution in [0.2, 0.25) is 5.28 Å². The third-order valence-corrected chi connectivity index (χ3v) is 2.43. The normalized spacial score (nSPS) is 10.3. The van der Waals surface area contributed by atoms with Gasteiger partial charge >= 0.3 is 0 Å². The van der Waals surface area contributed by atoms with E-state index in [1.54, 1.807) is 0 Å². The first-order valence-corrected chi connectivity index (χ1v) is 5.60.